The van der Waals surface area contributed by atoms with Crippen LogP contribution in [0.15, 0.2) is 48.5 Å². The van der Waals surface area contributed by atoms with Gasteiger partial charge in [-0.2, -0.15) is 0 Å². The quantitative estimate of drug-likeness (QED) is 0.618. The van der Waals surface area contributed by atoms with Crippen molar-refractivity contribution >= 4 is 18.0 Å². The fourth-order valence-electron chi connectivity index (χ4n) is 4.99. The summed E-state index contributed by atoms with van der Waals surface area (Å²) >= 11 is 0. The number of nitrogens with one attached hydrogen (secondary N) is 1. The van der Waals surface area contributed by atoms with Crippen LogP contribution in [0.4, 0.5) is 4.79 Å². The highest BCUT2D eigenvalue weighted by molar-refractivity contribution is 5.83. The molecule has 1 saturated heterocycles. The lowest BCUT2D eigenvalue weighted by Crippen LogP contribution is -2.52. The van der Waals surface area contributed by atoms with E-state index in [1.807, 2.05) is 36.4 Å². The van der Waals surface area contributed by atoms with Crippen LogP contribution in [0.2, 0.25) is 0 Å². The molecule has 2 N–H and O–H groups in total. The van der Waals surface area contributed by atoms with Gasteiger partial charge in [0.1, 0.15) is 6.61 Å². The van der Waals surface area contributed by atoms with Crippen LogP contribution in [0.25, 0.3) is 11.1 Å². The number of hydrogen-bond acceptors (Lipinski definition) is 5. The van der Waals surface area contributed by atoms with Crippen LogP contribution in [0.3, 0.4) is 0 Å². The number of hydrogen-bond donors (Lipinski definition) is 2. The number of carbonyl (C=O) groups is 3. The number of likely N-dealkylation sites (tertiary alicyclic amines) is 1. The first-order chi connectivity index (χ1) is 16.5. The van der Waals surface area contributed by atoms with E-state index in [2.05, 4.69) is 17.4 Å². The lowest BCUT2D eigenvalue weighted by molar-refractivity contribution is -0.148. The Bertz CT molecular complexity index is 1010. The second-order valence-corrected chi connectivity index (χ2v) is 8.71. The molecule has 1 aliphatic carbocycles. The molecule has 34 heavy (non-hydrogen) atoms. The van der Waals surface area contributed by atoms with Gasteiger partial charge in [0.05, 0.1) is 13.0 Å². The van der Waals surface area contributed by atoms with Crippen molar-refractivity contribution in [3.63, 3.8) is 0 Å². The Labute approximate surface area is 198 Å². The first-order valence-corrected chi connectivity index (χ1v) is 11.6. The lowest BCUT2D eigenvalue weighted by atomic mass is 9.98. The van der Waals surface area contributed by atoms with Crippen LogP contribution in [0, 0.1) is 0 Å². The summed E-state index contributed by atoms with van der Waals surface area (Å²) in [7, 11) is 1.40. The van der Waals surface area contributed by atoms with E-state index in [0.29, 0.717) is 13.0 Å². The largest absolute Gasteiger partial charge is 0.481 e. The molecule has 1 fully saturated rings. The summed E-state index contributed by atoms with van der Waals surface area (Å²) in [6, 6.07) is 15.8. The third kappa shape index (κ3) is 5.07. The summed E-state index contributed by atoms with van der Waals surface area (Å²) < 4.78 is 10.9. The van der Waals surface area contributed by atoms with Gasteiger partial charge in [-0.15, -0.1) is 0 Å². The predicted molar refractivity (Wildman–Crippen MR) is 125 cm³/mol. The number of ether oxygens (including phenoxy) is 2. The molecule has 2 aromatic rings. The van der Waals surface area contributed by atoms with Crippen LogP contribution < -0.4 is 5.32 Å². The zero-order chi connectivity index (χ0) is 24.1. The molecular weight excluding hydrogens is 436 g/mol. The zero-order valence-electron chi connectivity index (χ0n) is 19.2. The molecule has 0 radical (unpaired) electrons. The van der Waals surface area contributed by atoms with Crippen molar-refractivity contribution in [1.29, 1.82) is 0 Å². The van der Waals surface area contributed by atoms with Crippen molar-refractivity contribution in [2.75, 3.05) is 26.8 Å². The Morgan fingerprint density at radius 3 is 2.32 bits per heavy atom. The number of alkyl carbamates (subject to hydrolysis) is 1. The van der Waals surface area contributed by atoms with E-state index in [1.54, 1.807) is 4.90 Å². The maximum Gasteiger partial charge on any atom is 0.407 e. The molecule has 2 amide bonds. The average molecular weight is 467 g/mol. The normalized spacial score (nSPS) is 18.0. The van der Waals surface area contributed by atoms with Gasteiger partial charge >= 0.3 is 12.1 Å². The number of benzene rings is 2. The number of rotatable bonds is 8. The Hall–Kier alpha value is -3.39. The number of nitrogens with zero attached hydrogens (tertiary/aromatic N) is 1. The molecule has 4 rings (SSSR count). The van der Waals surface area contributed by atoms with Crippen molar-refractivity contribution in [1.82, 2.24) is 10.2 Å². The van der Waals surface area contributed by atoms with Crippen molar-refractivity contribution in [3.8, 4) is 11.1 Å². The van der Waals surface area contributed by atoms with Gasteiger partial charge in [0, 0.05) is 25.6 Å². The van der Waals surface area contributed by atoms with Crippen LogP contribution in [-0.2, 0) is 19.1 Å². The molecule has 1 unspecified atom stereocenters. The standard InChI is InChI=1S/C26H30N2O6/c1-33-23(25(31)28-13-7-6-8-17(28)14-24(29)30)15-27-26(32)34-16-22-20-11-4-2-9-18(20)19-10-3-5-12-21(19)22/h2-5,9-12,17,22-23H,6-8,13-16H2,1H3,(H,27,32)(H,29,30)/t17-,23?/m1/s1. The maximum atomic E-state index is 13.0. The molecule has 1 aliphatic heterocycles. The number of carbonyl (C=O) groups excluding carboxylic acids is 2. The minimum absolute atomic E-state index is 0.0527. The summed E-state index contributed by atoms with van der Waals surface area (Å²) in [4.78, 5) is 38.2. The third-order valence-electron chi connectivity index (χ3n) is 6.66. The van der Waals surface area contributed by atoms with Gasteiger partial charge in [-0.3, -0.25) is 9.59 Å². The van der Waals surface area contributed by atoms with Gasteiger partial charge < -0.3 is 24.8 Å². The molecule has 0 aromatic heterocycles. The minimum Gasteiger partial charge on any atom is -0.481 e. The van der Waals surface area contributed by atoms with Gasteiger partial charge in [-0.1, -0.05) is 48.5 Å². The predicted octanol–water partition coefficient (Wildman–Crippen LogP) is 3.40. The van der Waals surface area contributed by atoms with E-state index in [-0.39, 0.29) is 37.4 Å². The number of fused-ring (bicyclic) bond motifs is 3. The summed E-state index contributed by atoms with van der Waals surface area (Å²) in [6.07, 6.45) is 0.721. The number of carboxylic acids is 1. The Balaban J connectivity index is 1.33. The van der Waals surface area contributed by atoms with Gasteiger partial charge in [0.2, 0.25) is 0 Å². The van der Waals surface area contributed by atoms with E-state index < -0.39 is 18.2 Å². The van der Waals surface area contributed by atoms with Crippen molar-refractivity contribution in [2.24, 2.45) is 0 Å². The zero-order valence-corrected chi connectivity index (χ0v) is 19.2. The first kappa shape index (κ1) is 23.8. The van der Waals surface area contributed by atoms with Crippen molar-refractivity contribution < 1.29 is 29.0 Å². The SMILES string of the molecule is COC(CNC(=O)OCC1c2ccccc2-c2ccccc21)C(=O)N1CCCC[C@@H]1CC(=O)O. The third-order valence-corrected chi connectivity index (χ3v) is 6.66. The summed E-state index contributed by atoms with van der Waals surface area (Å²) in [5.74, 6) is -1.30. The molecule has 8 heteroatoms. The van der Waals surface area contributed by atoms with Crippen molar-refractivity contribution in [3.05, 3.63) is 59.7 Å². The summed E-state index contributed by atoms with van der Waals surface area (Å²) in [6.45, 7) is 0.613. The smallest absolute Gasteiger partial charge is 0.407 e. The number of piperidine rings is 1. The summed E-state index contributed by atoms with van der Waals surface area (Å²) in [5.41, 5.74) is 4.54. The summed E-state index contributed by atoms with van der Waals surface area (Å²) in [5, 5.41) is 11.8. The highest BCUT2D eigenvalue weighted by atomic mass is 16.5. The monoisotopic (exact) mass is 466 g/mol. The van der Waals surface area contributed by atoms with Crippen LogP contribution in [0.1, 0.15) is 42.7 Å². The average Bonchev–Trinajstić information content (AvgIpc) is 3.16. The molecule has 8 nitrogen and oxygen atoms in total. The Morgan fingerprint density at radius 2 is 1.71 bits per heavy atom. The number of aliphatic carboxylic acids is 1. The molecule has 1 heterocycles. The topological polar surface area (TPSA) is 105 Å². The van der Waals surface area contributed by atoms with Gasteiger partial charge in [0.15, 0.2) is 6.10 Å². The molecule has 0 spiro atoms. The first-order valence-electron chi connectivity index (χ1n) is 11.6. The van der Waals surface area contributed by atoms with Crippen LogP contribution >= 0.6 is 0 Å². The van der Waals surface area contributed by atoms with Crippen LogP contribution in [-0.4, -0.2) is 66.9 Å². The molecule has 2 aliphatic rings. The van der Waals surface area contributed by atoms with E-state index >= 15 is 0 Å². The molecule has 2 aromatic carbocycles. The number of methoxy groups -OCH3 is 1. The van der Waals surface area contributed by atoms with Gasteiger partial charge in [-0.25, -0.2) is 4.79 Å². The molecule has 0 bridgehead atoms. The second kappa shape index (κ2) is 10.7. The number of carboxylic acid groups (broad SMARTS) is 1. The van der Waals surface area contributed by atoms with E-state index in [4.69, 9.17) is 14.6 Å². The fraction of sp³-hybridized carbons (Fsp3) is 0.423. The van der Waals surface area contributed by atoms with E-state index in [0.717, 1.165) is 35.1 Å². The Kier molecular flexibility index (Phi) is 7.47. The molecule has 0 saturated carbocycles. The van der Waals surface area contributed by atoms with Gasteiger partial charge in [-0.05, 0) is 41.5 Å². The maximum absolute atomic E-state index is 13.0. The molecular formula is C26H30N2O6. The second-order valence-electron chi connectivity index (χ2n) is 8.71. The van der Waals surface area contributed by atoms with Gasteiger partial charge in [0.25, 0.3) is 5.91 Å². The van der Waals surface area contributed by atoms with Crippen LogP contribution in [0.5, 0.6) is 0 Å². The Morgan fingerprint density at radius 1 is 1.06 bits per heavy atom. The molecule has 180 valence electrons. The van der Waals surface area contributed by atoms with E-state index in [1.165, 1.54) is 7.11 Å². The fourth-order valence-corrected chi connectivity index (χ4v) is 4.99. The highest BCUT2D eigenvalue weighted by Gasteiger charge is 2.33. The highest BCUT2D eigenvalue weighted by Crippen LogP contribution is 2.44. The molecule has 2 atom stereocenters. The lowest BCUT2D eigenvalue weighted by Gasteiger charge is -2.36. The minimum atomic E-state index is -0.935. The van der Waals surface area contributed by atoms with E-state index in [9.17, 15) is 14.4 Å². The van der Waals surface area contributed by atoms with Crippen molar-refractivity contribution in [2.45, 2.75) is 43.7 Å². The number of amides is 2.